The quantitative estimate of drug-likeness (QED) is 0.141. The number of unbranched alkanes of at least 4 members (excludes halogenated alkanes) is 5. The molecule has 0 saturated carbocycles. The first-order valence-corrected chi connectivity index (χ1v) is 14.3. The van der Waals surface area contributed by atoms with Crippen molar-refractivity contribution in [3.8, 4) is 0 Å². The summed E-state index contributed by atoms with van der Waals surface area (Å²) in [6.07, 6.45) is 12.2. The molecule has 0 aromatic heterocycles. The monoisotopic (exact) mass is 504 g/mol. The van der Waals surface area contributed by atoms with Crippen LogP contribution in [-0.2, 0) is 25.7 Å². The van der Waals surface area contributed by atoms with Gasteiger partial charge in [-0.3, -0.25) is 0 Å². The van der Waals surface area contributed by atoms with E-state index < -0.39 is 0 Å². The van der Waals surface area contributed by atoms with Crippen LogP contribution in [0.25, 0.3) is 0 Å². The molecule has 2 nitrogen and oxygen atoms in total. The van der Waals surface area contributed by atoms with Crippen molar-refractivity contribution in [3.05, 3.63) is 129 Å². The van der Waals surface area contributed by atoms with E-state index in [1.807, 2.05) is 24.3 Å². The average molecular weight is 505 g/mol. The molecule has 2 heteroatoms. The Hall–Kier alpha value is -3.52. The highest BCUT2D eigenvalue weighted by Gasteiger charge is 2.04. The Kier molecular flexibility index (Phi) is 10.0. The third-order valence-corrected chi connectivity index (χ3v) is 7.73. The van der Waals surface area contributed by atoms with Crippen LogP contribution in [0.3, 0.4) is 0 Å². The molecule has 38 heavy (non-hydrogen) atoms. The molecule has 0 amide bonds. The summed E-state index contributed by atoms with van der Waals surface area (Å²) in [6, 6.07) is 30.4. The molecule has 0 heterocycles. The number of nitrogens with two attached hydrogens (primary N) is 2. The Labute approximate surface area is 230 Å². The van der Waals surface area contributed by atoms with Crippen LogP contribution in [0.1, 0.15) is 83.0 Å². The third-order valence-electron chi connectivity index (χ3n) is 7.73. The molecular weight excluding hydrogens is 460 g/mol. The zero-order chi connectivity index (χ0) is 26.7. The summed E-state index contributed by atoms with van der Waals surface area (Å²) >= 11 is 0. The summed E-state index contributed by atoms with van der Waals surface area (Å²) in [4.78, 5) is 0. The lowest BCUT2D eigenvalue weighted by molar-refractivity contribution is 0.593. The maximum Gasteiger partial charge on any atom is 0.0314 e. The van der Waals surface area contributed by atoms with Gasteiger partial charge in [-0.1, -0.05) is 86.3 Å². The predicted octanol–water partition coefficient (Wildman–Crippen LogP) is 8.78. The van der Waals surface area contributed by atoms with E-state index in [0.29, 0.717) is 0 Å². The maximum atomic E-state index is 5.81. The molecule has 4 aromatic carbocycles. The topological polar surface area (TPSA) is 52.0 Å². The van der Waals surface area contributed by atoms with Gasteiger partial charge in [-0.2, -0.15) is 0 Å². The van der Waals surface area contributed by atoms with Gasteiger partial charge in [-0.25, -0.2) is 0 Å². The van der Waals surface area contributed by atoms with Crippen molar-refractivity contribution in [1.82, 2.24) is 0 Å². The van der Waals surface area contributed by atoms with Crippen LogP contribution in [0.4, 0.5) is 11.4 Å². The van der Waals surface area contributed by atoms with Crippen molar-refractivity contribution >= 4 is 11.4 Å². The molecule has 0 radical (unpaired) electrons. The second kappa shape index (κ2) is 13.9. The summed E-state index contributed by atoms with van der Waals surface area (Å²) in [5.74, 6) is 0. The molecule has 4 aromatic rings. The number of aryl methyl sites for hydroxylation is 4. The van der Waals surface area contributed by atoms with Gasteiger partial charge in [0.1, 0.15) is 0 Å². The molecule has 4 rings (SSSR count). The Morgan fingerprint density at radius 1 is 0.421 bits per heavy atom. The smallest absolute Gasteiger partial charge is 0.0314 e. The number of rotatable bonds is 13. The molecular formula is C36H44N2. The molecule has 198 valence electrons. The van der Waals surface area contributed by atoms with Gasteiger partial charge in [0, 0.05) is 11.4 Å². The van der Waals surface area contributed by atoms with E-state index in [-0.39, 0.29) is 0 Å². The second-order valence-corrected chi connectivity index (χ2v) is 11.0. The van der Waals surface area contributed by atoms with Crippen LogP contribution < -0.4 is 11.5 Å². The molecule has 0 aliphatic carbocycles. The Morgan fingerprint density at radius 3 is 1.13 bits per heavy atom. The normalized spacial score (nSPS) is 11.1. The van der Waals surface area contributed by atoms with Crippen molar-refractivity contribution in [1.29, 1.82) is 0 Å². The largest absolute Gasteiger partial charge is 0.399 e. The molecule has 0 bridgehead atoms. The summed E-state index contributed by atoms with van der Waals surface area (Å²) in [7, 11) is 0. The van der Waals surface area contributed by atoms with E-state index in [9.17, 15) is 0 Å². The van der Waals surface area contributed by atoms with Crippen molar-refractivity contribution in [2.75, 3.05) is 11.5 Å². The van der Waals surface area contributed by atoms with Gasteiger partial charge < -0.3 is 11.5 Å². The lowest BCUT2D eigenvalue weighted by atomic mass is 9.96. The zero-order valence-corrected chi connectivity index (χ0v) is 23.3. The van der Waals surface area contributed by atoms with Crippen LogP contribution in [0.5, 0.6) is 0 Å². The number of hydrogen-bond donors (Lipinski definition) is 2. The molecule has 4 N–H and O–H groups in total. The molecule has 0 saturated heterocycles. The first-order valence-electron chi connectivity index (χ1n) is 14.3. The molecule has 0 aliphatic heterocycles. The summed E-state index contributed by atoms with van der Waals surface area (Å²) in [6.45, 7) is 4.52. The van der Waals surface area contributed by atoms with E-state index in [4.69, 9.17) is 11.5 Å². The fourth-order valence-electron chi connectivity index (χ4n) is 5.38. The average Bonchev–Trinajstić information content (AvgIpc) is 2.90. The van der Waals surface area contributed by atoms with Crippen molar-refractivity contribution in [3.63, 3.8) is 0 Å². The SMILES string of the molecule is Cc1cc(Cc2ccc(N)cc2)ccc1CCCCCCCCc1ccc(Cc2ccc(N)cc2)cc1C. The first-order chi connectivity index (χ1) is 18.5. The van der Waals surface area contributed by atoms with Crippen LogP contribution in [0.15, 0.2) is 84.9 Å². The minimum Gasteiger partial charge on any atom is -0.399 e. The maximum absolute atomic E-state index is 5.81. The van der Waals surface area contributed by atoms with E-state index in [0.717, 1.165) is 24.2 Å². The number of anilines is 2. The number of benzene rings is 4. The summed E-state index contributed by atoms with van der Waals surface area (Å²) < 4.78 is 0. The van der Waals surface area contributed by atoms with E-state index in [1.165, 1.54) is 95.9 Å². The highest BCUT2D eigenvalue weighted by Crippen LogP contribution is 2.20. The molecule has 0 spiro atoms. The van der Waals surface area contributed by atoms with Crippen molar-refractivity contribution in [2.24, 2.45) is 0 Å². The fraction of sp³-hybridized carbons (Fsp3) is 0.333. The van der Waals surface area contributed by atoms with Crippen molar-refractivity contribution < 1.29 is 0 Å². The highest BCUT2D eigenvalue weighted by molar-refractivity contribution is 5.42. The van der Waals surface area contributed by atoms with Crippen LogP contribution in [0.2, 0.25) is 0 Å². The standard InChI is InChI=1S/C36H44N2/c1-27-23-31(25-29-13-19-35(37)20-14-29)11-17-33(27)9-7-5-3-4-6-8-10-34-18-12-32(24-28(34)2)26-30-15-21-36(38)22-16-30/h11-24H,3-10,25-26,37-38H2,1-2H3. The minimum atomic E-state index is 0.826. The van der Waals surface area contributed by atoms with Gasteiger partial charge in [-0.05, 0) is 121 Å². The molecule has 0 unspecified atom stereocenters. The van der Waals surface area contributed by atoms with Crippen LogP contribution >= 0.6 is 0 Å². The van der Waals surface area contributed by atoms with E-state index in [2.05, 4.69) is 74.5 Å². The third kappa shape index (κ3) is 8.52. The van der Waals surface area contributed by atoms with Crippen LogP contribution in [-0.4, -0.2) is 0 Å². The Bertz CT molecular complexity index is 1180. The predicted molar refractivity (Wildman–Crippen MR) is 165 cm³/mol. The first kappa shape index (κ1) is 27.5. The van der Waals surface area contributed by atoms with Gasteiger partial charge in [0.15, 0.2) is 0 Å². The number of hydrogen-bond acceptors (Lipinski definition) is 2. The van der Waals surface area contributed by atoms with Crippen molar-refractivity contribution in [2.45, 2.75) is 78.1 Å². The summed E-state index contributed by atoms with van der Waals surface area (Å²) in [5.41, 5.74) is 24.5. The lowest BCUT2D eigenvalue weighted by Gasteiger charge is -2.10. The van der Waals surface area contributed by atoms with Gasteiger partial charge >= 0.3 is 0 Å². The van der Waals surface area contributed by atoms with Crippen LogP contribution in [0, 0.1) is 13.8 Å². The van der Waals surface area contributed by atoms with E-state index >= 15 is 0 Å². The second-order valence-electron chi connectivity index (χ2n) is 11.0. The zero-order valence-electron chi connectivity index (χ0n) is 23.3. The Morgan fingerprint density at radius 2 is 0.763 bits per heavy atom. The highest BCUT2D eigenvalue weighted by atomic mass is 14.5. The molecule has 0 fully saturated rings. The fourth-order valence-corrected chi connectivity index (χ4v) is 5.38. The van der Waals surface area contributed by atoms with E-state index in [1.54, 1.807) is 0 Å². The molecule has 0 aliphatic rings. The van der Waals surface area contributed by atoms with Gasteiger partial charge in [0.2, 0.25) is 0 Å². The van der Waals surface area contributed by atoms with Gasteiger partial charge in [0.25, 0.3) is 0 Å². The number of nitrogen functional groups attached to an aromatic ring is 2. The molecule has 0 atom stereocenters. The Balaban J connectivity index is 1.10. The van der Waals surface area contributed by atoms with Gasteiger partial charge in [-0.15, -0.1) is 0 Å². The van der Waals surface area contributed by atoms with Gasteiger partial charge in [0.05, 0.1) is 0 Å². The lowest BCUT2D eigenvalue weighted by Crippen LogP contribution is -1.95. The summed E-state index contributed by atoms with van der Waals surface area (Å²) in [5, 5.41) is 0. The minimum absolute atomic E-state index is 0.826.